The zero-order chi connectivity index (χ0) is 14.7. The van der Waals surface area contributed by atoms with Crippen LogP contribution in [0.4, 0.5) is 17.1 Å². The second-order valence-corrected chi connectivity index (χ2v) is 5.71. The summed E-state index contributed by atoms with van der Waals surface area (Å²) < 4.78 is 0. The normalized spacial score (nSPS) is 19.6. The Morgan fingerprint density at radius 1 is 1.00 bits per heavy atom. The fourth-order valence-electron chi connectivity index (χ4n) is 3.18. The first-order valence-corrected chi connectivity index (χ1v) is 7.75. The lowest BCUT2D eigenvalue weighted by Gasteiger charge is -2.31. The Bertz CT molecular complexity index is 508. The molecule has 0 amide bonds. The predicted molar refractivity (Wildman–Crippen MR) is 84.2 cm³/mol. The van der Waals surface area contributed by atoms with Gasteiger partial charge in [0, 0.05) is 51.0 Å². The maximum absolute atomic E-state index is 11.4. The number of nitro groups is 1. The van der Waals surface area contributed by atoms with Gasteiger partial charge in [0.25, 0.3) is 5.69 Å². The molecule has 0 saturated carbocycles. The summed E-state index contributed by atoms with van der Waals surface area (Å²) in [5, 5.41) is 14.7. The van der Waals surface area contributed by atoms with Crippen molar-refractivity contribution in [2.45, 2.75) is 19.3 Å². The molecule has 2 aliphatic rings. The number of nitro benzene ring substituents is 1. The number of anilines is 2. The molecule has 2 aliphatic heterocycles. The van der Waals surface area contributed by atoms with Gasteiger partial charge in [-0.1, -0.05) is 0 Å². The molecule has 0 aromatic heterocycles. The van der Waals surface area contributed by atoms with E-state index in [-0.39, 0.29) is 10.6 Å². The van der Waals surface area contributed by atoms with Gasteiger partial charge in [0.05, 0.1) is 4.92 Å². The molecule has 3 rings (SSSR count). The van der Waals surface area contributed by atoms with E-state index in [1.54, 1.807) is 6.07 Å². The molecule has 2 heterocycles. The fourth-order valence-corrected chi connectivity index (χ4v) is 3.18. The van der Waals surface area contributed by atoms with Gasteiger partial charge in [-0.15, -0.1) is 0 Å². The summed E-state index contributed by atoms with van der Waals surface area (Å²) in [6.45, 7) is 5.52. The second kappa shape index (κ2) is 6.30. The highest BCUT2D eigenvalue weighted by Gasteiger charge is 2.23. The van der Waals surface area contributed by atoms with Crippen LogP contribution in [0, 0.1) is 10.1 Å². The van der Waals surface area contributed by atoms with E-state index in [1.165, 1.54) is 6.42 Å². The van der Waals surface area contributed by atoms with Crippen molar-refractivity contribution in [1.29, 1.82) is 0 Å². The lowest BCUT2D eigenvalue weighted by atomic mass is 10.1. The van der Waals surface area contributed by atoms with Gasteiger partial charge < -0.3 is 15.1 Å². The third-order valence-electron chi connectivity index (χ3n) is 4.33. The van der Waals surface area contributed by atoms with Crippen LogP contribution in [0.5, 0.6) is 0 Å². The number of hydrogen-bond donors (Lipinski definition) is 1. The van der Waals surface area contributed by atoms with Crippen molar-refractivity contribution >= 4 is 17.1 Å². The smallest absolute Gasteiger partial charge is 0.294 e. The summed E-state index contributed by atoms with van der Waals surface area (Å²) in [5.41, 5.74) is 1.98. The topological polar surface area (TPSA) is 61.7 Å². The van der Waals surface area contributed by atoms with Crippen molar-refractivity contribution in [3.05, 3.63) is 28.3 Å². The van der Waals surface area contributed by atoms with Crippen LogP contribution in [0.3, 0.4) is 0 Å². The van der Waals surface area contributed by atoms with E-state index in [0.717, 1.165) is 63.5 Å². The van der Waals surface area contributed by atoms with Crippen LogP contribution in [-0.4, -0.2) is 44.2 Å². The molecule has 21 heavy (non-hydrogen) atoms. The standard InChI is InChI=1S/C15H22N4O2/c20-19(21)15-12-13(17-10-6-16-7-11-17)4-5-14(15)18-8-2-1-3-9-18/h4-5,12,16H,1-3,6-11H2. The Labute approximate surface area is 124 Å². The number of hydrogen-bond acceptors (Lipinski definition) is 5. The van der Waals surface area contributed by atoms with Crippen LogP contribution < -0.4 is 15.1 Å². The number of rotatable bonds is 3. The Kier molecular flexibility index (Phi) is 4.24. The fraction of sp³-hybridized carbons (Fsp3) is 0.600. The molecule has 2 fully saturated rings. The minimum absolute atomic E-state index is 0.240. The van der Waals surface area contributed by atoms with E-state index in [9.17, 15) is 10.1 Å². The molecule has 0 spiro atoms. The van der Waals surface area contributed by atoms with Gasteiger partial charge in [-0.25, -0.2) is 0 Å². The van der Waals surface area contributed by atoms with Crippen molar-refractivity contribution in [2.75, 3.05) is 49.1 Å². The second-order valence-electron chi connectivity index (χ2n) is 5.71. The number of piperazine rings is 1. The van der Waals surface area contributed by atoms with E-state index >= 15 is 0 Å². The highest BCUT2D eigenvalue weighted by Crippen LogP contribution is 2.34. The van der Waals surface area contributed by atoms with E-state index < -0.39 is 0 Å². The molecule has 114 valence electrons. The average molecular weight is 290 g/mol. The third kappa shape index (κ3) is 3.10. The Balaban J connectivity index is 1.88. The van der Waals surface area contributed by atoms with Gasteiger partial charge in [0.2, 0.25) is 0 Å². The van der Waals surface area contributed by atoms with Crippen LogP contribution in [0.15, 0.2) is 18.2 Å². The molecule has 2 saturated heterocycles. The van der Waals surface area contributed by atoms with Crippen LogP contribution in [0.25, 0.3) is 0 Å². The highest BCUT2D eigenvalue weighted by atomic mass is 16.6. The predicted octanol–water partition coefficient (Wildman–Crippen LogP) is 1.99. The number of benzene rings is 1. The van der Waals surface area contributed by atoms with E-state index in [4.69, 9.17) is 0 Å². The molecule has 6 heteroatoms. The zero-order valence-electron chi connectivity index (χ0n) is 12.3. The summed E-state index contributed by atoms with van der Waals surface area (Å²) >= 11 is 0. The molecule has 1 aromatic carbocycles. The molecule has 1 N–H and O–H groups in total. The van der Waals surface area contributed by atoms with Crippen molar-refractivity contribution in [3.8, 4) is 0 Å². The monoisotopic (exact) mass is 290 g/mol. The summed E-state index contributed by atoms with van der Waals surface area (Å²) in [6.07, 6.45) is 3.47. The van der Waals surface area contributed by atoms with Gasteiger partial charge in [-0.3, -0.25) is 10.1 Å². The molecule has 0 bridgehead atoms. The van der Waals surface area contributed by atoms with Crippen LogP contribution in [-0.2, 0) is 0 Å². The van der Waals surface area contributed by atoms with Gasteiger partial charge in [0.1, 0.15) is 5.69 Å². The van der Waals surface area contributed by atoms with Crippen LogP contribution in [0.2, 0.25) is 0 Å². The number of piperidine rings is 1. The van der Waals surface area contributed by atoms with Gasteiger partial charge in [-0.2, -0.15) is 0 Å². The molecular weight excluding hydrogens is 268 g/mol. The maximum atomic E-state index is 11.4. The molecule has 0 unspecified atom stereocenters. The van der Waals surface area contributed by atoms with Crippen molar-refractivity contribution in [3.63, 3.8) is 0 Å². The minimum Gasteiger partial charge on any atom is -0.369 e. The summed E-state index contributed by atoms with van der Waals surface area (Å²) in [6, 6.07) is 5.71. The van der Waals surface area contributed by atoms with Crippen LogP contribution in [0.1, 0.15) is 19.3 Å². The largest absolute Gasteiger partial charge is 0.369 e. The average Bonchev–Trinajstić information content (AvgIpc) is 2.56. The summed E-state index contributed by atoms with van der Waals surface area (Å²) in [7, 11) is 0. The van der Waals surface area contributed by atoms with Crippen molar-refractivity contribution < 1.29 is 4.92 Å². The van der Waals surface area contributed by atoms with E-state index in [0.29, 0.717) is 0 Å². The molecule has 0 aliphatic carbocycles. The summed E-state index contributed by atoms with van der Waals surface area (Å²) in [4.78, 5) is 15.6. The number of nitrogens with one attached hydrogen (secondary N) is 1. The quantitative estimate of drug-likeness (QED) is 0.681. The first kappa shape index (κ1) is 14.1. The van der Waals surface area contributed by atoms with Crippen LogP contribution >= 0.6 is 0 Å². The van der Waals surface area contributed by atoms with E-state index in [2.05, 4.69) is 15.1 Å². The third-order valence-corrected chi connectivity index (χ3v) is 4.33. The number of nitrogens with zero attached hydrogens (tertiary/aromatic N) is 3. The van der Waals surface area contributed by atoms with Crippen molar-refractivity contribution in [1.82, 2.24) is 5.32 Å². The van der Waals surface area contributed by atoms with Gasteiger partial charge >= 0.3 is 0 Å². The minimum atomic E-state index is -0.240. The lowest BCUT2D eigenvalue weighted by Crippen LogP contribution is -2.43. The van der Waals surface area contributed by atoms with E-state index in [1.807, 2.05) is 12.1 Å². The molecule has 0 radical (unpaired) electrons. The Hall–Kier alpha value is -1.82. The first-order chi connectivity index (χ1) is 10.3. The molecule has 6 nitrogen and oxygen atoms in total. The highest BCUT2D eigenvalue weighted by molar-refractivity contribution is 5.70. The molecule has 0 atom stereocenters. The maximum Gasteiger partial charge on any atom is 0.294 e. The molecule has 1 aromatic rings. The Morgan fingerprint density at radius 2 is 1.71 bits per heavy atom. The Morgan fingerprint density at radius 3 is 2.38 bits per heavy atom. The first-order valence-electron chi connectivity index (χ1n) is 7.75. The summed E-state index contributed by atoms with van der Waals surface area (Å²) in [5.74, 6) is 0. The lowest BCUT2D eigenvalue weighted by molar-refractivity contribution is -0.384. The van der Waals surface area contributed by atoms with Crippen molar-refractivity contribution in [2.24, 2.45) is 0 Å². The van der Waals surface area contributed by atoms with Gasteiger partial charge in [-0.05, 0) is 31.4 Å². The zero-order valence-corrected chi connectivity index (χ0v) is 12.3. The molecular formula is C15H22N4O2. The SMILES string of the molecule is O=[N+]([O-])c1cc(N2CCNCC2)ccc1N1CCCCC1. The van der Waals surface area contributed by atoms with Gasteiger partial charge in [0.15, 0.2) is 0 Å².